The molecule has 0 saturated carbocycles. The van der Waals surface area contributed by atoms with E-state index < -0.39 is 30.5 Å². The van der Waals surface area contributed by atoms with E-state index in [2.05, 4.69) is 37.1 Å². The fourth-order valence-electron chi connectivity index (χ4n) is 3.67. The number of ether oxygens (including phenoxy) is 4. The molecule has 1 aliphatic heterocycles. The van der Waals surface area contributed by atoms with Gasteiger partial charge in [0.1, 0.15) is 5.75 Å². The first kappa shape index (κ1) is 30.4. The Morgan fingerprint density at radius 1 is 1.15 bits per heavy atom. The number of para-hydroxylation sites is 1. The van der Waals surface area contributed by atoms with E-state index in [-0.39, 0.29) is 24.7 Å². The van der Waals surface area contributed by atoms with Gasteiger partial charge >= 0.3 is 11.9 Å². The summed E-state index contributed by atoms with van der Waals surface area (Å²) in [7, 11) is 1.41. The number of methoxy groups -OCH3 is 1. The standard InChI is InChI=1S/C26H27BrN4O8S/c1-4-37-25(35)23-14(2)29-26(40)30-24(23)16-7-5-6-8-18(16)38-12-21(32)31-28-11-15-9-19(36-3)20(10-17(15)27)39-13-22(33)34/h5-11,24H,4,12-13H2,1-3H3,(H,31,32)(H,33,34)(H2,29,30,40)/t24-/m1/s1. The number of hydrogen-bond donors (Lipinski definition) is 4. The van der Waals surface area contributed by atoms with E-state index in [1.807, 2.05) is 0 Å². The monoisotopic (exact) mass is 634 g/mol. The SMILES string of the molecule is CCOC(=O)C1=C(C)NC(=S)N[C@@H]1c1ccccc1OCC(=O)NN=Cc1cc(OC)c(OCC(=O)O)cc1Br. The lowest BCUT2D eigenvalue weighted by atomic mass is 9.95. The first-order valence-corrected chi connectivity index (χ1v) is 13.1. The number of thiocarbonyl (C=S) groups is 1. The topological polar surface area (TPSA) is 157 Å². The van der Waals surface area contributed by atoms with Gasteiger partial charge in [-0.25, -0.2) is 15.0 Å². The number of halogens is 1. The molecule has 3 rings (SSSR count). The Labute approximate surface area is 243 Å². The third-order valence-electron chi connectivity index (χ3n) is 5.38. The van der Waals surface area contributed by atoms with Gasteiger partial charge in [-0.3, -0.25) is 4.79 Å². The van der Waals surface area contributed by atoms with Gasteiger partial charge in [-0.1, -0.05) is 18.2 Å². The summed E-state index contributed by atoms with van der Waals surface area (Å²) in [4.78, 5) is 35.9. The number of hydrogen-bond acceptors (Lipinski definition) is 9. The van der Waals surface area contributed by atoms with Crippen LogP contribution in [0.1, 0.15) is 31.0 Å². The summed E-state index contributed by atoms with van der Waals surface area (Å²) in [6, 6.07) is 9.40. The van der Waals surface area contributed by atoms with Crippen molar-refractivity contribution in [2.75, 3.05) is 26.9 Å². The number of hydrazone groups is 1. The van der Waals surface area contributed by atoms with Gasteiger partial charge in [-0.15, -0.1) is 0 Å². The van der Waals surface area contributed by atoms with E-state index in [0.717, 1.165) is 0 Å². The normalized spacial score (nSPS) is 14.7. The van der Waals surface area contributed by atoms with Crippen molar-refractivity contribution in [2.45, 2.75) is 19.9 Å². The molecular weight excluding hydrogens is 608 g/mol. The zero-order valence-corrected chi connectivity index (χ0v) is 24.2. The summed E-state index contributed by atoms with van der Waals surface area (Å²) in [6.45, 7) is 2.75. The molecule has 0 unspecified atom stereocenters. The van der Waals surface area contributed by atoms with Crippen molar-refractivity contribution in [3.8, 4) is 17.2 Å². The quantitative estimate of drug-likeness (QED) is 0.118. The first-order chi connectivity index (χ1) is 19.1. The van der Waals surface area contributed by atoms with Crippen molar-refractivity contribution in [2.24, 2.45) is 5.10 Å². The molecule has 0 aromatic heterocycles. The van der Waals surface area contributed by atoms with Crippen molar-refractivity contribution in [1.82, 2.24) is 16.1 Å². The molecule has 2 aromatic rings. The molecule has 0 aliphatic carbocycles. The number of carbonyl (C=O) groups is 3. The van der Waals surface area contributed by atoms with Crippen LogP contribution in [0.25, 0.3) is 0 Å². The Kier molecular flexibility index (Phi) is 10.8. The molecule has 212 valence electrons. The Morgan fingerprint density at radius 2 is 1.88 bits per heavy atom. The summed E-state index contributed by atoms with van der Waals surface area (Å²) in [5.41, 5.74) is 4.41. The zero-order valence-electron chi connectivity index (χ0n) is 21.8. The second-order valence-electron chi connectivity index (χ2n) is 8.12. The zero-order chi connectivity index (χ0) is 29.2. The predicted molar refractivity (Wildman–Crippen MR) is 152 cm³/mol. The van der Waals surface area contributed by atoms with E-state index in [9.17, 15) is 14.4 Å². The van der Waals surface area contributed by atoms with Crippen LogP contribution in [0.4, 0.5) is 0 Å². The second-order valence-corrected chi connectivity index (χ2v) is 9.38. The largest absolute Gasteiger partial charge is 0.493 e. The smallest absolute Gasteiger partial charge is 0.341 e. The summed E-state index contributed by atoms with van der Waals surface area (Å²) in [5.74, 6) is -1.29. The summed E-state index contributed by atoms with van der Waals surface area (Å²) in [6.07, 6.45) is 1.37. The lowest BCUT2D eigenvalue weighted by molar-refractivity contribution is -0.140. The maximum Gasteiger partial charge on any atom is 0.341 e. The number of carbonyl (C=O) groups excluding carboxylic acids is 2. The van der Waals surface area contributed by atoms with E-state index >= 15 is 0 Å². The molecule has 0 fully saturated rings. The number of amides is 1. The number of nitrogens with zero attached hydrogens (tertiary/aromatic N) is 1. The third kappa shape index (κ3) is 7.93. The van der Waals surface area contributed by atoms with Crippen LogP contribution < -0.4 is 30.3 Å². The van der Waals surface area contributed by atoms with E-state index in [1.54, 1.807) is 44.2 Å². The number of allylic oxidation sites excluding steroid dienone is 1. The average Bonchev–Trinajstić information content (AvgIpc) is 2.91. The molecule has 0 bridgehead atoms. The molecular formula is C26H27BrN4O8S. The van der Waals surface area contributed by atoms with Crippen molar-refractivity contribution in [1.29, 1.82) is 0 Å². The molecule has 40 heavy (non-hydrogen) atoms. The van der Waals surface area contributed by atoms with Crippen molar-refractivity contribution < 1.29 is 38.4 Å². The lowest BCUT2D eigenvalue weighted by Crippen LogP contribution is -2.45. The molecule has 1 aliphatic rings. The van der Waals surface area contributed by atoms with E-state index in [4.69, 9.17) is 36.3 Å². The summed E-state index contributed by atoms with van der Waals surface area (Å²) in [5, 5.41) is 19.1. The Balaban J connectivity index is 1.69. The molecule has 1 amide bonds. The third-order valence-corrected chi connectivity index (χ3v) is 6.29. The highest BCUT2D eigenvalue weighted by Crippen LogP contribution is 2.34. The highest BCUT2D eigenvalue weighted by molar-refractivity contribution is 9.10. The molecule has 14 heteroatoms. The van der Waals surface area contributed by atoms with Gasteiger partial charge in [0.25, 0.3) is 5.91 Å². The van der Waals surface area contributed by atoms with Gasteiger partial charge < -0.3 is 34.7 Å². The van der Waals surface area contributed by atoms with Crippen LogP contribution in [-0.4, -0.2) is 61.2 Å². The number of nitrogens with one attached hydrogen (secondary N) is 3. The molecule has 1 heterocycles. The number of aliphatic carboxylic acids is 1. The molecule has 2 aromatic carbocycles. The van der Waals surface area contributed by atoms with Gasteiger partial charge in [0.15, 0.2) is 29.8 Å². The van der Waals surface area contributed by atoms with Crippen molar-refractivity contribution in [3.63, 3.8) is 0 Å². The van der Waals surface area contributed by atoms with Crippen LogP contribution in [-0.2, 0) is 19.1 Å². The fraction of sp³-hybridized carbons (Fsp3) is 0.269. The molecule has 0 saturated heterocycles. The van der Waals surface area contributed by atoms with Crippen LogP contribution in [0.3, 0.4) is 0 Å². The average molecular weight is 635 g/mol. The Morgan fingerprint density at radius 3 is 2.58 bits per heavy atom. The number of carboxylic acid groups (broad SMARTS) is 1. The molecule has 4 N–H and O–H groups in total. The summed E-state index contributed by atoms with van der Waals surface area (Å²) >= 11 is 8.64. The Bertz CT molecular complexity index is 1360. The number of carboxylic acids is 1. The van der Waals surface area contributed by atoms with Crippen LogP contribution in [0.2, 0.25) is 0 Å². The van der Waals surface area contributed by atoms with Gasteiger partial charge in [0, 0.05) is 21.3 Å². The highest BCUT2D eigenvalue weighted by atomic mass is 79.9. The predicted octanol–water partition coefficient (Wildman–Crippen LogP) is 2.81. The molecule has 0 spiro atoms. The molecule has 0 radical (unpaired) electrons. The fourth-order valence-corrected chi connectivity index (χ4v) is 4.36. The number of esters is 1. The van der Waals surface area contributed by atoms with Gasteiger partial charge in [-0.05, 0) is 60.2 Å². The van der Waals surface area contributed by atoms with Crippen LogP contribution in [0.5, 0.6) is 17.2 Å². The van der Waals surface area contributed by atoms with Crippen LogP contribution >= 0.6 is 28.1 Å². The van der Waals surface area contributed by atoms with Gasteiger partial charge in [0.05, 0.1) is 31.5 Å². The van der Waals surface area contributed by atoms with Gasteiger partial charge in [0.2, 0.25) is 0 Å². The lowest BCUT2D eigenvalue weighted by Gasteiger charge is -2.30. The minimum Gasteiger partial charge on any atom is -0.493 e. The minimum absolute atomic E-state index is 0.206. The van der Waals surface area contributed by atoms with E-state index in [1.165, 1.54) is 19.4 Å². The number of rotatable bonds is 12. The minimum atomic E-state index is -1.13. The second kappa shape index (κ2) is 14.3. The van der Waals surface area contributed by atoms with Crippen LogP contribution in [0.15, 0.2) is 57.2 Å². The van der Waals surface area contributed by atoms with Crippen LogP contribution in [0, 0.1) is 0 Å². The van der Waals surface area contributed by atoms with Crippen molar-refractivity contribution in [3.05, 3.63) is 63.3 Å². The Hall–Kier alpha value is -4.17. The maximum atomic E-state index is 12.7. The number of benzene rings is 2. The first-order valence-electron chi connectivity index (χ1n) is 11.9. The molecule has 1 atom stereocenters. The maximum absolute atomic E-state index is 12.7. The molecule has 12 nitrogen and oxygen atoms in total. The van der Waals surface area contributed by atoms with Crippen molar-refractivity contribution >= 4 is 57.3 Å². The highest BCUT2D eigenvalue weighted by Gasteiger charge is 2.32. The van der Waals surface area contributed by atoms with E-state index in [0.29, 0.717) is 37.7 Å². The summed E-state index contributed by atoms with van der Waals surface area (Å²) < 4.78 is 22.0. The van der Waals surface area contributed by atoms with Gasteiger partial charge in [-0.2, -0.15) is 5.10 Å².